The lowest BCUT2D eigenvalue weighted by Crippen LogP contribution is -2.11. The van der Waals surface area contributed by atoms with Crippen LogP contribution in [0.2, 0.25) is 0 Å². The molecule has 0 aliphatic rings. The summed E-state index contributed by atoms with van der Waals surface area (Å²) in [6, 6.07) is 6.10. The average molecular weight is 232 g/mol. The van der Waals surface area contributed by atoms with E-state index < -0.39 is 5.97 Å². The molecular formula is C15H20O2. The first-order chi connectivity index (χ1) is 7.71. The molecule has 0 aliphatic heterocycles. The summed E-state index contributed by atoms with van der Waals surface area (Å²) in [6.07, 6.45) is 1.32. The van der Waals surface area contributed by atoms with Crippen molar-refractivity contribution in [2.45, 2.75) is 34.6 Å². The molecule has 0 atom stereocenters. The lowest BCUT2D eigenvalue weighted by molar-refractivity contribution is -0.131. The zero-order valence-electron chi connectivity index (χ0n) is 11.2. The predicted molar refractivity (Wildman–Crippen MR) is 71.0 cm³/mol. The topological polar surface area (TPSA) is 37.3 Å². The van der Waals surface area contributed by atoms with E-state index in [4.69, 9.17) is 5.11 Å². The molecule has 0 aliphatic carbocycles. The van der Waals surface area contributed by atoms with Crippen LogP contribution in [-0.2, 0) is 4.79 Å². The lowest BCUT2D eigenvalue weighted by atomic mass is 9.80. The second kappa shape index (κ2) is 4.74. The smallest absolute Gasteiger partial charge is 0.328 e. The minimum Gasteiger partial charge on any atom is -0.478 e. The van der Waals surface area contributed by atoms with Gasteiger partial charge in [0.1, 0.15) is 0 Å². The first-order valence-electron chi connectivity index (χ1n) is 5.74. The second-order valence-corrected chi connectivity index (χ2v) is 5.46. The second-order valence-electron chi connectivity index (χ2n) is 5.46. The van der Waals surface area contributed by atoms with Crippen LogP contribution in [0.5, 0.6) is 0 Å². The number of carbonyl (C=O) groups is 1. The molecule has 0 unspecified atom stereocenters. The summed E-state index contributed by atoms with van der Waals surface area (Å²) in [4.78, 5) is 10.9. The number of benzene rings is 1. The average Bonchev–Trinajstić information content (AvgIpc) is 2.13. The van der Waals surface area contributed by atoms with Crippen molar-refractivity contribution in [3.8, 4) is 0 Å². The van der Waals surface area contributed by atoms with Crippen LogP contribution >= 0.6 is 0 Å². The molecule has 1 aromatic rings. The fraction of sp³-hybridized carbons (Fsp3) is 0.400. The summed E-state index contributed by atoms with van der Waals surface area (Å²) in [5, 5.41) is 8.98. The maximum atomic E-state index is 10.9. The molecule has 0 spiro atoms. The number of hydrogen-bond acceptors (Lipinski definition) is 1. The Hall–Kier alpha value is -1.57. The van der Waals surface area contributed by atoms with Gasteiger partial charge < -0.3 is 5.11 Å². The maximum Gasteiger partial charge on any atom is 0.328 e. The van der Waals surface area contributed by atoms with Gasteiger partial charge in [0.15, 0.2) is 0 Å². The van der Waals surface area contributed by atoms with Gasteiger partial charge in [0.25, 0.3) is 0 Å². The van der Waals surface area contributed by atoms with E-state index in [1.54, 1.807) is 0 Å². The van der Waals surface area contributed by atoms with Crippen LogP contribution in [0.1, 0.15) is 37.5 Å². The van der Waals surface area contributed by atoms with E-state index in [9.17, 15) is 4.79 Å². The molecule has 2 heteroatoms. The number of aliphatic carboxylic acids is 1. The molecule has 0 aromatic heterocycles. The molecule has 0 radical (unpaired) electrons. The maximum absolute atomic E-state index is 10.9. The molecule has 92 valence electrons. The van der Waals surface area contributed by atoms with Gasteiger partial charge >= 0.3 is 5.97 Å². The van der Waals surface area contributed by atoms with E-state index >= 15 is 0 Å². The highest BCUT2D eigenvalue weighted by molar-refractivity contribution is 5.91. The van der Waals surface area contributed by atoms with Gasteiger partial charge in [-0.1, -0.05) is 44.5 Å². The van der Waals surface area contributed by atoms with Gasteiger partial charge in [0, 0.05) is 6.08 Å². The normalized spacial score (nSPS) is 12.6. The Balaban J connectivity index is 3.38. The van der Waals surface area contributed by atoms with Crippen LogP contribution in [0.15, 0.2) is 24.3 Å². The van der Waals surface area contributed by atoms with E-state index in [1.807, 2.05) is 46.8 Å². The molecule has 0 amide bonds. The highest BCUT2D eigenvalue weighted by Gasteiger charge is 2.21. The number of allylic oxidation sites excluding steroid dienone is 1. The fourth-order valence-corrected chi connectivity index (χ4v) is 1.94. The highest BCUT2D eigenvalue weighted by Crippen LogP contribution is 2.35. The number of aryl methyl sites for hydroxylation is 2. The zero-order valence-corrected chi connectivity index (χ0v) is 11.2. The summed E-state index contributed by atoms with van der Waals surface area (Å²) in [7, 11) is 0. The van der Waals surface area contributed by atoms with Crippen LogP contribution in [-0.4, -0.2) is 11.1 Å². The lowest BCUT2D eigenvalue weighted by Gasteiger charge is -2.24. The number of carboxylic acids is 1. The minimum atomic E-state index is -0.894. The highest BCUT2D eigenvalue weighted by atomic mass is 16.4. The van der Waals surface area contributed by atoms with Crippen molar-refractivity contribution in [2.24, 2.45) is 5.41 Å². The van der Waals surface area contributed by atoms with Crippen LogP contribution in [0.25, 0.3) is 5.57 Å². The van der Waals surface area contributed by atoms with Gasteiger partial charge in [-0.3, -0.25) is 0 Å². The first-order valence-corrected chi connectivity index (χ1v) is 5.74. The minimum absolute atomic E-state index is 0.182. The van der Waals surface area contributed by atoms with E-state index in [1.165, 1.54) is 11.6 Å². The third-order valence-corrected chi connectivity index (χ3v) is 2.75. The molecule has 0 heterocycles. The molecule has 0 fully saturated rings. The molecule has 1 N–H and O–H groups in total. The van der Waals surface area contributed by atoms with Gasteiger partial charge in [0.05, 0.1) is 0 Å². The first kappa shape index (κ1) is 13.5. The molecule has 0 saturated carbocycles. The van der Waals surface area contributed by atoms with Gasteiger partial charge in [0.2, 0.25) is 0 Å². The fourth-order valence-electron chi connectivity index (χ4n) is 1.94. The summed E-state index contributed by atoms with van der Waals surface area (Å²) >= 11 is 0. The van der Waals surface area contributed by atoms with Crippen molar-refractivity contribution in [3.05, 3.63) is 41.0 Å². The van der Waals surface area contributed by atoms with Crippen LogP contribution in [0, 0.1) is 19.3 Å². The molecule has 2 nitrogen and oxygen atoms in total. The van der Waals surface area contributed by atoms with E-state index in [0.717, 1.165) is 16.7 Å². The Bertz CT molecular complexity index is 462. The van der Waals surface area contributed by atoms with Crippen molar-refractivity contribution in [1.82, 2.24) is 0 Å². The zero-order chi connectivity index (χ0) is 13.2. The summed E-state index contributed by atoms with van der Waals surface area (Å²) < 4.78 is 0. The summed E-state index contributed by atoms with van der Waals surface area (Å²) in [5.74, 6) is -0.894. The quantitative estimate of drug-likeness (QED) is 0.787. The SMILES string of the molecule is Cc1ccc(/C(=C/C(=O)O)C(C)(C)C)c(C)c1. The van der Waals surface area contributed by atoms with Crippen molar-refractivity contribution < 1.29 is 9.90 Å². The number of hydrogen-bond donors (Lipinski definition) is 1. The van der Waals surface area contributed by atoms with Crippen LogP contribution < -0.4 is 0 Å². The monoisotopic (exact) mass is 232 g/mol. The molecule has 17 heavy (non-hydrogen) atoms. The molecular weight excluding hydrogens is 212 g/mol. The standard InChI is InChI=1S/C15H20O2/c1-10-6-7-12(11(2)8-10)13(9-14(16)17)15(3,4)5/h6-9H,1-5H3,(H,16,17)/b13-9-. The Morgan fingerprint density at radius 1 is 1.24 bits per heavy atom. The third-order valence-electron chi connectivity index (χ3n) is 2.75. The Morgan fingerprint density at radius 2 is 1.82 bits per heavy atom. The Labute approximate surface area is 103 Å². The van der Waals surface area contributed by atoms with Gasteiger partial charge in [-0.15, -0.1) is 0 Å². The molecule has 1 aromatic carbocycles. The van der Waals surface area contributed by atoms with E-state index in [0.29, 0.717) is 0 Å². The predicted octanol–water partition coefficient (Wildman–Crippen LogP) is 3.82. The molecule has 0 bridgehead atoms. The van der Waals surface area contributed by atoms with E-state index in [-0.39, 0.29) is 5.41 Å². The Kier molecular flexibility index (Phi) is 3.76. The summed E-state index contributed by atoms with van der Waals surface area (Å²) in [6.45, 7) is 10.1. The van der Waals surface area contributed by atoms with Gasteiger partial charge in [-0.25, -0.2) is 4.79 Å². The largest absolute Gasteiger partial charge is 0.478 e. The van der Waals surface area contributed by atoms with Gasteiger partial charge in [-0.05, 0) is 36.0 Å². The molecule has 0 saturated heterocycles. The number of carboxylic acid groups (broad SMARTS) is 1. The van der Waals surface area contributed by atoms with Crippen molar-refractivity contribution >= 4 is 11.5 Å². The Morgan fingerprint density at radius 3 is 2.24 bits per heavy atom. The third kappa shape index (κ3) is 3.45. The molecule has 1 rings (SSSR count). The van der Waals surface area contributed by atoms with Crippen LogP contribution in [0.3, 0.4) is 0 Å². The van der Waals surface area contributed by atoms with Crippen molar-refractivity contribution in [2.75, 3.05) is 0 Å². The van der Waals surface area contributed by atoms with Crippen LogP contribution in [0.4, 0.5) is 0 Å². The van der Waals surface area contributed by atoms with Crippen molar-refractivity contribution in [3.63, 3.8) is 0 Å². The van der Waals surface area contributed by atoms with Crippen molar-refractivity contribution in [1.29, 1.82) is 0 Å². The van der Waals surface area contributed by atoms with Gasteiger partial charge in [-0.2, -0.15) is 0 Å². The van der Waals surface area contributed by atoms with E-state index in [2.05, 4.69) is 6.07 Å². The summed E-state index contributed by atoms with van der Waals surface area (Å²) in [5.41, 5.74) is 4.01. The number of rotatable bonds is 2.